The van der Waals surface area contributed by atoms with Crippen LogP contribution in [0, 0.1) is 5.82 Å². The van der Waals surface area contributed by atoms with Gasteiger partial charge in [0.2, 0.25) is 0 Å². The molecule has 2 aromatic rings. The second-order valence-corrected chi connectivity index (χ2v) is 5.03. The molecule has 0 fully saturated rings. The third-order valence-corrected chi connectivity index (χ3v) is 3.27. The summed E-state index contributed by atoms with van der Waals surface area (Å²) in [5, 5.41) is 11.2. The lowest BCUT2D eigenvalue weighted by Gasteiger charge is -2.06. The van der Waals surface area contributed by atoms with Crippen LogP contribution in [0.1, 0.15) is 12.6 Å². The average Bonchev–Trinajstić information content (AvgIpc) is 2.88. The maximum atomic E-state index is 13.3. The zero-order valence-electron chi connectivity index (χ0n) is 11.1. The maximum absolute atomic E-state index is 13.3. The van der Waals surface area contributed by atoms with Crippen molar-refractivity contribution in [3.8, 4) is 5.75 Å². The molecule has 0 bridgehead atoms. The normalized spacial score (nSPS) is 10.8. The Labute approximate surface area is 125 Å². The van der Waals surface area contributed by atoms with E-state index in [2.05, 4.69) is 31.6 Å². The first-order chi connectivity index (χ1) is 9.69. The Morgan fingerprint density at radius 1 is 1.45 bits per heavy atom. The monoisotopic (exact) mass is 342 g/mol. The molecule has 0 spiro atoms. The first-order valence-electron chi connectivity index (χ1n) is 6.36. The summed E-state index contributed by atoms with van der Waals surface area (Å²) in [5.74, 6) is 0.162. The van der Waals surface area contributed by atoms with Crippen molar-refractivity contribution < 1.29 is 9.13 Å². The van der Waals surface area contributed by atoms with Gasteiger partial charge in [0.15, 0.2) is 0 Å². The summed E-state index contributed by atoms with van der Waals surface area (Å²) in [6.07, 6.45) is 1.87. The van der Waals surface area contributed by atoms with E-state index < -0.39 is 0 Å². The molecule has 0 atom stereocenters. The van der Waals surface area contributed by atoms with Gasteiger partial charge in [-0.05, 0) is 34.6 Å². The van der Waals surface area contributed by atoms with Gasteiger partial charge < -0.3 is 10.1 Å². The van der Waals surface area contributed by atoms with Crippen LogP contribution in [0.25, 0.3) is 0 Å². The van der Waals surface area contributed by atoms with Crippen LogP contribution in [0.5, 0.6) is 5.75 Å². The van der Waals surface area contributed by atoms with Gasteiger partial charge in [0, 0.05) is 18.8 Å². The highest BCUT2D eigenvalue weighted by molar-refractivity contribution is 9.10. The molecule has 0 saturated carbocycles. The van der Waals surface area contributed by atoms with Gasteiger partial charge in [0.25, 0.3) is 0 Å². The number of nitrogens with zero attached hydrogens (tertiary/aromatic N) is 3. The lowest BCUT2D eigenvalue weighted by Crippen LogP contribution is -2.12. The van der Waals surface area contributed by atoms with Gasteiger partial charge in [-0.2, -0.15) is 0 Å². The molecule has 0 radical (unpaired) electrons. The van der Waals surface area contributed by atoms with Crippen molar-refractivity contribution in [1.29, 1.82) is 0 Å². The largest absolute Gasteiger partial charge is 0.492 e. The smallest absolute Gasteiger partial charge is 0.141 e. The van der Waals surface area contributed by atoms with Gasteiger partial charge in [0.05, 0.1) is 16.7 Å². The molecule has 0 saturated heterocycles. The lowest BCUT2D eigenvalue weighted by molar-refractivity contribution is 0.288. The second-order valence-electron chi connectivity index (χ2n) is 4.18. The molecule has 2 rings (SSSR count). The fourth-order valence-electron chi connectivity index (χ4n) is 1.61. The van der Waals surface area contributed by atoms with Crippen LogP contribution in [-0.4, -0.2) is 28.1 Å². The van der Waals surface area contributed by atoms with Gasteiger partial charge in [0.1, 0.15) is 18.2 Å². The molecule has 1 heterocycles. The van der Waals surface area contributed by atoms with Gasteiger partial charge >= 0.3 is 0 Å². The summed E-state index contributed by atoms with van der Waals surface area (Å²) in [5.41, 5.74) is 0.890. The standard InChI is InChI=1S/C13H16BrFN4O/c1-2-16-8-10-9-19(18-17-10)5-6-20-11-3-4-12(14)13(15)7-11/h3-4,7,9,16H,2,5-6,8H2,1H3. The van der Waals surface area contributed by atoms with E-state index in [0.717, 1.165) is 12.2 Å². The SMILES string of the molecule is CCNCc1cn(CCOc2ccc(Br)c(F)c2)nn1. The van der Waals surface area contributed by atoms with Gasteiger partial charge in [-0.25, -0.2) is 9.07 Å². The van der Waals surface area contributed by atoms with E-state index in [4.69, 9.17) is 4.74 Å². The molecule has 7 heteroatoms. The molecule has 1 aromatic heterocycles. The van der Waals surface area contributed by atoms with Crippen LogP contribution in [-0.2, 0) is 13.1 Å². The van der Waals surface area contributed by atoms with Gasteiger partial charge in [-0.15, -0.1) is 5.10 Å². The first-order valence-corrected chi connectivity index (χ1v) is 7.16. The molecule has 0 aliphatic heterocycles. The second kappa shape index (κ2) is 7.35. The zero-order valence-corrected chi connectivity index (χ0v) is 12.7. The minimum Gasteiger partial charge on any atom is -0.492 e. The number of hydrogen-bond acceptors (Lipinski definition) is 4. The quantitative estimate of drug-likeness (QED) is 0.839. The number of ether oxygens (including phenoxy) is 1. The molecule has 108 valence electrons. The average molecular weight is 343 g/mol. The number of nitrogens with one attached hydrogen (secondary N) is 1. The predicted octanol–water partition coefficient (Wildman–Crippen LogP) is 2.37. The minimum absolute atomic E-state index is 0.337. The van der Waals surface area contributed by atoms with Crippen LogP contribution >= 0.6 is 15.9 Å². The van der Waals surface area contributed by atoms with Crippen LogP contribution in [0.2, 0.25) is 0 Å². The molecule has 5 nitrogen and oxygen atoms in total. The summed E-state index contributed by atoms with van der Waals surface area (Å²) in [6, 6.07) is 4.68. The number of rotatable bonds is 7. The van der Waals surface area contributed by atoms with Crippen molar-refractivity contribution in [1.82, 2.24) is 20.3 Å². The molecule has 1 N–H and O–H groups in total. The summed E-state index contributed by atoms with van der Waals surface area (Å²) in [6.45, 7) is 4.61. The summed E-state index contributed by atoms with van der Waals surface area (Å²) < 4.78 is 20.9. The Kier molecular flexibility index (Phi) is 5.49. The Bertz CT molecular complexity index is 561. The van der Waals surface area contributed by atoms with Crippen molar-refractivity contribution in [3.63, 3.8) is 0 Å². The molecular weight excluding hydrogens is 327 g/mol. The van der Waals surface area contributed by atoms with Crippen molar-refractivity contribution >= 4 is 15.9 Å². The molecule has 0 aliphatic carbocycles. The summed E-state index contributed by atoms with van der Waals surface area (Å²) in [7, 11) is 0. The summed E-state index contributed by atoms with van der Waals surface area (Å²) >= 11 is 3.10. The maximum Gasteiger partial charge on any atom is 0.141 e. The predicted molar refractivity (Wildman–Crippen MR) is 77.0 cm³/mol. The Morgan fingerprint density at radius 2 is 2.30 bits per heavy atom. The highest BCUT2D eigenvalue weighted by atomic mass is 79.9. The molecular formula is C13H16BrFN4O. The van der Waals surface area contributed by atoms with E-state index in [1.54, 1.807) is 16.8 Å². The Morgan fingerprint density at radius 3 is 3.05 bits per heavy atom. The van der Waals surface area contributed by atoms with Crippen molar-refractivity contribution in [2.24, 2.45) is 0 Å². The molecule has 0 unspecified atom stereocenters. The fraction of sp³-hybridized carbons (Fsp3) is 0.385. The highest BCUT2D eigenvalue weighted by Gasteiger charge is 2.03. The topological polar surface area (TPSA) is 52.0 Å². The number of aromatic nitrogens is 3. The van der Waals surface area contributed by atoms with E-state index in [-0.39, 0.29) is 5.82 Å². The third kappa shape index (κ3) is 4.28. The van der Waals surface area contributed by atoms with Crippen molar-refractivity contribution in [2.75, 3.05) is 13.2 Å². The molecule has 0 aliphatic rings. The van der Waals surface area contributed by atoms with Gasteiger partial charge in [-0.1, -0.05) is 12.1 Å². The van der Waals surface area contributed by atoms with E-state index in [1.807, 2.05) is 13.1 Å². The van der Waals surface area contributed by atoms with E-state index >= 15 is 0 Å². The highest BCUT2D eigenvalue weighted by Crippen LogP contribution is 2.20. The Hall–Kier alpha value is -1.47. The fourth-order valence-corrected chi connectivity index (χ4v) is 1.85. The first kappa shape index (κ1) is 14.9. The third-order valence-electron chi connectivity index (χ3n) is 2.62. The van der Waals surface area contributed by atoms with E-state index in [0.29, 0.717) is 29.9 Å². The number of hydrogen-bond donors (Lipinski definition) is 1. The van der Waals surface area contributed by atoms with Crippen molar-refractivity contribution in [2.45, 2.75) is 20.0 Å². The van der Waals surface area contributed by atoms with Crippen LogP contribution in [0.4, 0.5) is 4.39 Å². The molecule has 1 aromatic carbocycles. The van der Waals surface area contributed by atoms with Crippen LogP contribution in [0.3, 0.4) is 0 Å². The zero-order chi connectivity index (χ0) is 14.4. The van der Waals surface area contributed by atoms with E-state index in [1.165, 1.54) is 6.07 Å². The van der Waals surface area contributed by atoms with Crippen LogP contribution < -0.4 is 10.1 Å². The minimum atomic E-state index is -0.337. The van der Waals surface area contributed by atoms with Crippen LogP contribution in [0.15, 0.2) is 28.9 Å². The number of halogens is 2. The molecule has 20 heavy (non-hydrogen) atoms. The van der Waals surface area contributed by atoms with E-state index in [9.17, 15) is 4.39 Å². The van der Waals surface area contributed by atoms with Crippen molar-refractivity contribution in [3.05, 3.63) is 40.4 Å². The van der Waals surface area contributed by atoms with Gasteiger partial charge in [-0.3, -0.25) is 0 Å². The lowest BCUT2D eigenvalue weighted by atomic mass is 10.3. The Balaban J connectivity index is 1.80. The molecule has 0 amide bonds. The summed E-state index contributed by atoms with van der Waals surface area (Å²) in [4.78, 5) is 0. The number of benzene rings is 1.